The van der Waals surface area contributed by atoms with Crippen LogP contribution in [0.15, 0.2) is 0 Å². The molecule has 0 aromatic rings. The predicted octanol–water partition coefficient (Wildman–Crippen LogP) is -0.153. The van der Waals surface area contributed by atoms with E-state index in [2.05, 4.69) is 0 Å². The second kappa shape index (κ2) is 15.9. The average Bonchev–Trinajstić information content (AvgIpc) is 1.25. The SMILES string of the molecule is CC(=O)O.O=[N+]([O-])[O-].[Cu+2].[Cu]. The standard InChI is InChI=1S/C2H4O2.2Cu.NO3/c1-2(3)4;;;2-1(3)4/h1H3,(H,3,4);;;/q;;+2;-1. The summed E-state index contributed by atoms with van der Waals surface area (Å²) in [4.78, 5) is 17.2. The Morgan fingerprint density at radius 3 is 1.50 bits per heavy atom. The van der Waals surface area contributed by atoms with Crippen LogP contribution in [0, 0.1) is 15.3 Å². The van der Waals surface area contributed by atoms with Crippen LogP contribution in [-0.2, 0) is 38.9 Å². The molecule has 2 radical (unpaired) electrons. The van der Waals surface area contributed by atoms with Gasteiger partial charge in [-0.2, -0.15) is 0 Å². The fraction of sp³-hybridized carbons (Fsp3) is 0.500. The normalized spacial score (nSPS) is 4.90. The van der Waals surface area contributed by atoms with Gasteiger partial charge in [-0.25, -0.2) is 0 Å². The molecule has 8 heteroatoms. The first-order valence-electron chi connectivity index (χ1n) is 1.48. The molecule has 6 nitrogen and oxygen atoms in total. The summed E-state index contributed by atoms with van der Waals surface area (Å²) in [5.41, 5.74) is 0. The Morgan fingerprint density at radius 1 is 1.50 bits per heavy atom. The molecule has 0 saturated heterocycles. The van der Waals surface area contributed by atoms with Crippen LogP contribution in [0.3, 0.4) is 0 Å². The van der Waals surface area contributed by atoms with Gasteiger partial charge in [0.25, 0.3) is 5.97 Å². The van der Waals surface area contributed by atoms with Crippen molar-refractivity contribution in [3.8, 4) is 0 Å². The van der Waals surface area contributed by atoms with Crippen LogP contribution in [0.25, 0.3) is 0 Å². The van der Waals surface area contributed by atoms with E-state index in [1.54, 1.807) is 0 Å². The minimum Gasteiger partial charge on any atom is -0.481 e. The fourth-order valence-electron chi connectivity index (χ4n) is 0. The fourth-order valence-corrected chi connectivity index (χ4v) is 0. The van der Waals surface area contributed by atoms with Crippen molar-refractivity contribution in [2.45, 2.75) is 6.92 Å². The molecule has 0 aromatic heterocycles. The molecule has 68 valence electrons. The van der Waals surface area contributed by atoms with Gasteiger partial charge >= 0.3 is 17.1 Å². The zero-order valence-electron chi connectivity index (χ0n) is 4.63. The number of aliphatic carboxylic acids is 1. The summed E-state index contributed by atoms with van der Waals surface area (Å²) in [6.07, 6.45) is 0. The van der Waals surface area contributed by atoms with Crippen LogP contribution in [0.2, 0.25) is 0 Å². The Balaban J connectivity index is -0.0000000300. The summed E-state index contributed by atoms with van der Waals surface area (Å²) in [6, 6.07) is 0. The van der Waals surface area contributed by atoms with Crippen molar-refractivity contribution in [2.24, 2.45) is 0 Å². The van der Waals surface area contributed by atoms with Gasteiger partial charge in [-0.05, 0) is 0 Å². The zero-order valence-corrected chi connectivity index (χ0v) is 6.51. The summed E-state index contributed by atoms with van der Waals surface area (Å²) >= 11 is 0. The number of carboxylic acids is 1. The van der Waals surface area contributed by atoms with Crippen LogP contribution >= 0.6 is 0 Å². The smallest absolute Gasteiger partial charge is 0.481 e. The largest absolute Gasteiger partial charge is 2.00 e. The molecule has 0 aromatic carbocycles. The molecule has 0 bridgehead atoms. The van der Waals surface area contributed by atoms with E-state index in [0.29, 0.717) is 0 Å². The van der Waals surface area contributed by atoms with Crippen molar-refractivity contribution in [2.75, 3.05) is 0 Å². The minimum atomic E-state index is -1.75. The number of carbonyl (C=O) groups is 1. The Hall–Kier alpha value is -0.291. The molecule has 0 amide bonds. The van der Waals surface area contributed by atoms with Crippen molar-refractivity contribution in [1.29, 1.82) is 0 Å². The molecule has 1 N–H and O–H groups in total. The summed E-state index contributed by atoms with van der Waals surface area (Å²) in [5, 5.41) is 22.2. The van der Waals surface area contributed by atoms with Gasteiger partial charge in [0.2, 0.25) is 0 Å². The van der Waals surface area contributed by atoms with Gasteiger partial charge in [0, 0.05) is 24.0 Å². The first kappa shape index (κ1) is 22.6. The third-order valence-corrected chi connectivity index (χ3v) is 0. The van der Waals surface area contributed by atoms with E-state index >= 15 is 0 Å². The maximum Gasteiger partial charge on any atom is 2.00 e. The van der Waals surface area contributed by atoms with Crippen molar-refractivity contribution < 1.29 is 49.1 Å². The van der Waals surface area contributed by atoms with Gasteiger partial charge in [0.05, 0.1) is 5.09 Å². The van der Waals surface area contributed by atoms with Gasteiger partial charge in [-0.1, -0.05) is 0 Å². The van der Waals surface area contributed by atoms with E-state index in [9.17, 15) is 0 Å². The van der Waals surface area contributed by atoms with E-state index in [-0.39, 0.29) is 34.1 Å². The van der Waals surface area contributed by atoms with E-state index in [4.69, 9.17) is 25.2 Å². The second-order valence-electron chi connectivity index (χ2n) is 0.743. The number of rotatable bonds is 0. The van der Waals surface area contributed by atoms with E-state index in [1.807, 2.05) is 0 Å². The number of hydrogen-bond donors (Lipinski definition) is 1. The molecule has 0 rings (SSSR count). The average molecular weight is 249 g/mol. The van der Waals surface area contributed by atoms with Crippen LogP contribution in [-0.4, -0.2) is 16.2 Å². The van der Waals surface area contributed by atoms with E-state index < -0.39 is 11.1 Å². The van der Waals surface area contributed by atoms with Crippen molar-refractivity contribution in [1.82, 2.24) is 0 Å². The Bertz CT molecular complexity index is 75.6. The van der Waals surface area contributed by atoms with Crippen molar-refractivity contribution in [3.05, 3.63) is 15.3 Å². The van der Waals surface area contributed by atoms with Crippen molar-refractivity contribution >= 4 is 5.97 Å². The summed E-state index contributed by atoms with van der Waals surface area (Å²) in [5.74, 6) is -0.833. The molecule has 0 fully saturated rings. The molecule has 0 aliphatic carbocycles. The number of nitrogens with zero attached hydrogens (tertiary/aromatic N) is 1. The van der Waals surface area contributed by atoms with Gasteiger partial charge < -0.3 is 20.4 Å². The van der Waals surface area contributed by atoms with Crippen LogP contribution < -0.4 is 0 Å². The first-order chi connectivity index (χ1) is 3.46. The molecule has 10 heavy (non-hydrogen) atoms. The van der Waals surface area contributed by atoms with Gasteiger partial charge in [0.1, 0.15) is 0 Å². The van der Waals surface area contributed by atoms with Crippen LogP contribution in [0.4, 0.5) is 0 Å². The summed E-state index contributed by atoms with van der Waals surface area (Å²) in [6.45, 7) is 1.08. The molecule has 0 atom stereocenters. The molecule has 0 spiro atoms. The summed E-state index contributed by atoms with van der Waals surface area (Å²) in [7, 11) is 0. The third kappa shape index (κ3) is 4100. The molecule has 0 unspecified atom stereocenters. The topological polar surface area (TPSA) is 104 Å². The quantitative estimate of drug-likeness (QED) is 0.365. The Labute approximate surface area is 77.7 Å². The van der Waals surface area contributed by atoms with Gasteiger partial charge in [0.15, 0.2) is 0 Å². The maximum atomic E-state index is 9.00. The third-order valence-electron chi connectivity index (χ3n) is 0. The second-order valence-corrected chi connectivity index (χ2v) is 0.743. The monoisotopic (exact) mass is 248 g/mol. The molecular formula is C2H4Cu2NO5+. The predicted molar refractivity (Wildman–Crippen MR) is 23.7 cm³/mol. The Morgan fingerprint density at radius 2 is 1.50 bits per heavy atom. The molecule has 0 saturated carbocycles. The summed E-state index contributed by atoms with van der Waals surface area (Å²) < 4.78 is 0. The van der Waals surface area contributed by atoms with E-state index in [1.165, 1.54) is 0 Å². The van der Waals surface area contributed by atoms with E-state index in [0.717, 1.165) is 6.92 Å². The van der Waals surface area contributed by atoms with Crippen LogP contribution in [0.1, 0.15) is 6.92 Å². The molecule has 0 aliphatic heterocycles. The van der Waals surface area contributed by atoms with Gasteiger partial charge in [-0.15, -0.1) is 0 Å². The number of hydrogen-bond acceptors (Lipinski definition) is 4. The Kier molecular flexibility index (Phi) is 35.9. The van der Waals surface area contributed by atoms with Gasteiger partial charge in [-0.3, -0.25) is 4.79 Å². The van der Waals surface area contributed by atoms with Crippen molar-refractivity contribution in [3.63, 3.8) is 0 Å². The molecular weight excluding hydrogens is 245 g/mol. The van der Waals surface area contributed by atoms with Crippen LogP contribution in [0.5, 0.6) is 0 Å². The zero-order chi connectivity index (χ0) is 7.15. The maximum absolute atomic E-state index is 9.00. The molecule has 0 heterocycles. The molecule has 0 aliphatic rings. The first-order valence-corrected chi connectivity index (χ1v) is 1.48. The number of carboxylic acid groups (broad SMARTS) is 1. The minimum absolute atomic E-state index is 0.